The first-order valence-corrected chi connectivity index (χ1v) is 9.15. The number of benzene rings is 1. The summed E-state index contributed by atoms with van der Waals surface area (Å²) in [4.78, 5) is 11.7. The molecule has 1 saturated heterocycles. The molecule has 6 heteroatoms. The number of thioether (sulfide) groups is 1. The fourth-order valence-electron chi connectivity index (χ4n) is 2.71. The van der Waals surface area contributed by atoms with E-state index < -0.39 is 0 Å². The molecule has 128 valence electrons. The van der Waals surface area contributed by atoms with Crippen molar-refractivity contribution in [2.45, 2.75) is 56.5 Å². The van der Waals surface area contributed by atoms with Gasteiger partial charge in [0.1, 0.15) is 5.25 Å². The number of hydrogen-bond donors (Lipinski definition) is 0. The number of rotatable bonds is 4. The molecular weight excluding hydrogens is 322 g/mol. The van der Waals surface area contributed by atoms with Crippen LogP contribution in [-0.2, 0) is 21.5 Å². The average Bonchev–Trinajstić information content (AvgIpc) is 3.13. The summed E-state index contributed by atoms with van der Waals surface area (Å²) in [6.07, 6.45) is 0.732. The van der Waals surface area contributed by atoms with Crippen LogP contribution in [0.2, 0.25) is 0 Å². The number of aromatic nitrogens is 3. The fraction of sp³-hybridized carbons (Fsp3) is 0.500. The molecule has 0 aliphatic carbocycles. The van der Waals surface area contributed by atoms with Gasteiger partial charge in [0.25, 0.3) is 0 Å². The van der Waals surface area contributed by atoms with E-state index in [-0.39, 0.29) is 16.6 Å². The Morgan fingerprint density at radius 3 is 2.50 bits per heavy atom. The predicted octanol–water partition coefficient (Wildman–Crippen LogP) is 3.67. The lowest BCUT2D eigenvalue weighted by molar-refractivity contribution is -0.137. The summed E-state index contributed by atoms with van der Waals surface area (Å²) in [7, 11) is 0. The molecule has 1 fully saturated rings. The van der Waals surface area contributed by atoms with Crippen molar-refractivity contribution in [3.05, 3.63) is 29.8 Å². The second-order valence-corrected chi connectivity index (χ2v) is 8.11. The van der Waals surface area contributed by atoms with Crippen LogP contribution in [0.5, 0.6) is 0 Å². The Labute approximate surface area is 146 Å². The van der Waals surface area contributed by atoms with E-state index in [9.17, 15) is 4.79 Å². The zero-order chi connectivity index (χ0) is 17.3. The van der Waals surface area contributed by atoms with Crippen LogP contribution in [-0.4, -0.2) is 32.6 Å². The fourth-order valence-corrected chi connectivity index (χ4v) is 3.77. The molecule has 1 aliphatic rings. The van der Waals surface area contributed by atoms with Crippen molar-refractivity contribution < 1.29 is 9.53 Å². The molecule has 0 N–H and O–H groups in total. The highest BCUT2D eigenvalue weighted by molar-refractivity contribution is 8.00. The Bertz CT molecular complexity index is 732. The summed E-state index contributed by atoms with van der Waals surface area (Å²) >= 11 is 1.45. The smallest absolute Gasteiger partial charge is 0.319 e. The topological polar surface area (TPSA) is 57.0 Å². The minimum atomic E-state index is -0.171. The molecule has 0 spiro atoms. The number of ether oxygens (including phenoxy) is 1. The quantitative estimate of drug-likeness (QED) is 0.791. The van der Waals surface area contributed by atoms with Gasteiger partial charge in [0.2, 0.25) is 0 Å². The average molecular weight is 345 g/mol. The molecule has 1 aromatic carbocycles. The molecule has 24 heavy (non-hydrogen) atoms. The number of carbonyl (C=O) groups is 1. The van der Waals surface area contributed by atoms with Gasteiger partial charge in [0, 0.05) is 18.5 Å². The van der Waals surface area contributed by atoms with Crippen LogP contribution in [0.3, 0.4) is 0 Å². The number of carbonyl (C=O) groups excluding carboxylic acids is 1. The molecule has 0 unspecified atom stereocenters. The van der Waals surface area contributed by atoms with Gasteiger partial charge in [-0.25, -0.2) is 0 Å². The maximum atomic E-state index is 11.7. The number of cyclic esters (lactones) is 1. The Morgan fingerprint density at radius 1 is 1.25 bits per heavy atom. The number of hydrogen-bond acceptors (Lipinski definition) is 5. The second kappa shape index (κ2) is 6.59. The van der Waals surface area contributed by atoms with Crippen LogP contribution < -0.4 is 0 Å². The van der Waals surface area contributed by atoms with E-state index in [0.29, 0.717) is 6.61 Å². The van der Waals surface area contributed by atoms with Crippen LogP contribution in [0.1, 0.15) is 39.7 Å². The summed E-state index contributed by atoms with van der Waals surface area (Å²) in [6.45, 7) is 9.92. The molecule has 2 heterocycles. The molecule has 1 aliphatic heterocycles. The van der Waals surface area contributed by atoms with Crippen LogP contribution >= 0.6 is 11.8 Å². The van der Waals surface area contributed by atoms with Gasteiger partial charge < -0.3 is 9.30 Å². The summed E-state index contributed by atoms with van der Waals surface area (Å²) in [5, 5.41) is 9.26. The van der Waals surface area contributed by atoms with E-state index in [4.69, 9.17) is 4.74 Å². The zero-order valence-corrected chi connectivity index (χ0v) is 15.4. The first-order chi connectivity index (χ1) is 11.4. The summed E-state index contributed by atoms with van der Waals surface area (Å²) in [6, 6.07) is 8.47. The van der Waals surface area contributed by atoms with Crippen molar-refractivity contribution in [1.29, 1.82) is 0 Å². The van der Waals surface area contributed by atoms with Crippen molar-refractivity contribution in [2.24, 2.45) is 0 Å². The highest BCUT2D eigenvalue weighted by atomic mass is 32.2. The second-order valence-electron chi connectivity index (χ2n) is 6.94. The van der Waals surface area contributed by atoms with Gasteiger partial charge in [0.15, 0.2) is 11.0 Å². The molecule has 3 rings (SSSR count). The largest absolute Gasteiger partial charge is 0.465 e. The van der Waals surface area contributed by atoms with Crippen LogP contribution in [0, 0.1) is 0 Å². The maximum Gasteiger partial charge on any atom is 0.319 e. The Hall–Kier alpha value is -1.82. The summed E-state index contributed by atoms with van der Waals surface area (Å²) in [5.74, 6) is 0.688. The van der Waals surface area contributed by atoms with Gasteiger partial charge in [-0.2, -0.15) is 0 Å². The lowest BCUT2D eigenvalue weighted by Gasteiger charge is -2.19. The van der Waals surface area contributed by atoms with E-state index in [2.05, 4.69) is 66.7 Å². The highest BCUT2D eigenvalue weighted by Gasteiger charge is 2.30. The van der Waals surface area contributed by atoms with Crippen molar-refractivity contribution in [1.82, 2.24) is 14.8 Å². The van der Waals surface area contributed by atoms with E-state index in [0.717, 1.165) is 29.5 Å². The van der Waals surface area contributed by atoms with Gasteiger partial charge in [-0.15, -0.1) is 10.2 Å². The minimum absolute atomic E-state index is 0.126. The SMILES string of the molecule is CCn1c(S[C@H]2CCOC2=O)nnc1-c1ccc(C(C)(C)C)cc1. The maximum absolute atomic E-state index is 11.7. The molecule has 1 aromatic heterocycles. The van der Waals surface area contributed by atoms with Crippen LogP contribution in [0.4, 0.5) is 0 Å². The number of esters is 1. The molecule has 0 radical (unpaired) electrons. The van der Waals surface area contributed by atoms with E-state index in [1.807, 2.05) is 0 Å². The molecule has 2 aromatic rings. The zero-order valence-electron chi connectivity index (χ0n) is 14.6. The van der Waals surface area contributed by atoms with Gasteiger partial charge in [-0.3, -0.25) is 4.79 Å². The highest BCUT2D eigenvalue weighted by Crippen LogP contribution is 2.31. The standard InChI is InChI=1S/C18H23N3O2S/c1-5-21-15(12-6-8-13(9-7-12)18(2,3)4)19-20-17(21)24-14-10-11-23-16(14)22/h6-9,14H,5,10-11H2,1-4H3/t14-/m0/s1. The molecular formula is C18H23N3O2S. The van der Waals surface area contributed by atoms with Gasteiger partial charge in [0.05, 0.1) is 6.61 Å². The van der Waals surface area contributed by atoms with E-state index in [1.165, 1.54) is 17.3 Å². The Kier molecular flexibility index (Phi) is 4.67. The minimum Gasteiger partial charge on any atom is -0.465 e. The Morgan fingerprint density at radius 2 is 1.96 bits per heavy atom. The normalized spacial score (nSPS) is 18.0. The summed E-state index contributed by atoms with van der Waals surface area (Å²) < 4.78 is 7.09. The third kappa shape index (κ3) is 3.34. The first kappa shape index (κ1) is 17.0. The molecule has 1 atom stereocenters. The third-order valence-electron chi connectivity index (χ3n) is 4.18. The van der Waals surface area contributed by atoms with E-state index >= 15 is 0 Å². The lowest BCUT2D eigenvalue weighted by Crippen LogP contribution is -2.11. The third-order valence-corrected chi connectivity index (χ3v) is 5.40. The van der Waals surface area contributed by atoms with Crippen molar-refractivity contribution in [3.63, 3.8) is 0 Å². The van der Waals surface area contributed by atoms with E-state index in [1.54, 1.807) is 0 Å². The van der Waals surface area contributed by atoms with Gasteiger partial charge >= 0.3 is 5.97 Å². The van der Waals surface area contributed by atoms with Crippen molar-refractivity contribution in [3.8, 4) is 11.4 Å². The molecule has 5 nitrogen and oxygen atoms in total. The predicted molar refractivity (Wildman–Crippen MR) is 95.1 cm³/mol. The lowest BCUT2D eigenvalue weighted by atomic mass is 9.87. The number of nitrogens with zero attached hydrogens (tertiary/aromatic N) is 3. The Balaban J connectivity index is 1.87. The molecule has 0 saturated carbocycles. The van der Waals surface area contributed by atoms with Gasteiger partial charge in [-0.05, 0) is 17.9 Å². The molecule has 0 amide bonds. The first-order valence-electron chi connectivity index (χ1n) is 8.27. The van der Waals surface area contributed by atoms with Crippen LogP contribution in [0.15, 0.2) is 29.4 Å². The summed E-state index contributed by atoms with van der Waals surface area (Å²) in [5.41, 5.74) is 2.45. The van der Waals surface area contributed by atoms with Crippen molar-refractivity contribution >= 4 is 17.7 Å². The van der Waals surface area contributed by atoms with Gasteiger partial charge in [-0.1, -0.05) is 56.8 Å². The molecule has 0 bridgehead atoms. The van der Waals surface area contributed by atoms with Crippen LogP contribution in [0.25, 0.3) is 11.4 Å². The van der Waals surface area contributed by atoms with Crippen molar-refractivity contribution in [2.75, 3.05) is 6.61 Å². The monoisotopic (exact) mass is 345 g/mol.